The molecule has 0 aliphatic heterocycles. The van der Waals surface area contributed by atoms with Crippen molar-refractivity contribution in [3.05, 3.63) is 101 Å². The molecule has 5 rings (SSSR count). The molecule has 1 N–H and O–H groups in total. The molecular formula is C27H24N4O2. The molecule has 33 heavy (non-hydrogen) atoms. The maximum Gasteiger partial charge on any atom is 0.174 e. The maximum absolute atomic E-state index is 5.98. The number of nitrogens with zero attached hydrogens (tertiary/aromatic N) is 3. The third-order valence-corrected chi connectivity index (χ3v) is 5.85. The van der Waals surface area contributed by atoms with Crippen LogP contribution in [-0.2, 0) is 6.42 Å². The number of H-pyrrole nitrogens is 1. The molecule has 6 heteroatoms. The van der Waals surface area contributed by atoms with Gasteiger partial charge in [0.2, 0.25) is 0 Å². The molecule has 0 amide bonds. The number of benzene rings is 3. The van der Waals surface area contributed by atoms with Gasteiger partial charge in [-0.2, -0.15) is 5.21 Å². The van der Waals surface area contributed by atoms with Crippen LogP contribution in [0.25, 0.3) is 17.2 Å². The molecule has 1 aliphatic rings. The van der Waals surface area contributed by atoms with E-state index in [4.69, 9.17) is 9.47 Å². The fourth-order valence-corrected chi connectivity index (χ4v) is 4.18. The minimum Gasteiger partial charge on any atom is -0.497 e. The van der Waals surface area contributed by atoms with E-state index in [1.54, 1.807) is 7.11 Å². The number of tetrazole rings is 1. The number of nitrogens with one attached hydrogen (secondary N) is 1. The first-order valence-electron chi connectivity index (χ1n) is 10.9. The van der Waals surface area contributed by atoms with Crippen LogP contribution in [0.15, 0.2) is 78.4 Å². The highest BCUT2D eigenvalue weighted by Crippen LogP contribution is 2.43. The van der Waals surface area contributed by atoms with E-state index in [-0.39, 0.29) is 0 Å². The highest BCUT2D eigenvalue weighted by molar-refractivity contribution is 6.05. The van der Waals surface area contributed by atoms with Crippen molar-refractivity contribution >= 4 is 17.2 Å². The Hall–Kier alpha value is -4.19. The topological polar surface area (TPSA) is 72.9 Å². The van der Waals surface area contributed by atoms with Crippen molar-refractivity contribution in [3.8, 4) is 17.2 Å². The van der Waals surface area contributed by atoms with Crippen LogP contribution < -0.4 is 9.47 Å². The Kier molecular flexibility index (Phi) is 5.72. The average Bonchev–Trinajstić information content (AvgIpc) is 3.46. The number of aromatic amines is 1. The van der Waals surface area contributed by atoms with E-state index >= 15 is 0 Å². The summed E-state index contributed by atoms with van der Waals surface area (Å²) in [5.41, 5.74) is 7.53. The van der Waals surface area contributed by atoms with Gasteiger partial charge in [0.25, 0.3) is 0 Å². The summed E-state index contributed by atoms with van der Waals surface area (Å²) < 4.78 is 11.2. The van der Waals surface area contributed by atoms with E-state index in [0.717, 1.165) is 41.5 Å². The predicted octanol–water partition coefficient (Wildman–Crippen LogP) is 5.96. The van der Waals surface area contributed by atoms with Gasteiger partial charge in [-0.25, -0.2) is 0 Å². The third-order valence-electron chi connectivity index (χ3n) is 5.85. The van der Waals surface area contributed by atoms with Crippen molar-refractivity contribution in [2.75, 3.05) is 7.11 Å². The van der Waals surface area contributed by atoms with Gasteiger partial charge in [-0.05, 0) is 77.1 Å². The largest absolute Gasteiger partial charge is 0.497 e. The second-order valence-electron chi connectivity index (χ2n) is 7.89. The highest BCUT2D eigenvalue weighted by atomic mass is 16.5. The van der Waals surface area contributed by atoms with E-state index in [2.05, 4.69) is 70.0 Å². The summed E-state index contributed by atoms with van der Waals surface area (Å²) in [6.45, 7) is 2.19. The lowest BCUT2D eigenvalue weighted by Gasteiger charge is -2.08. The van der Waals surface area contributed by atoms with Gasteiger partial charge in [0.15, 0.2) is 5.82 Å². The van der Waals surface area contributed by atoms with Gasteiger partial charge in [0.05, 0.1) is 7.11 Å². The predicted molar refractivity (Wildman–Crippen MR) is 129 cm³/mol. The SMILES string of the molecule is COc1cccc(Oc2ccc(/C=C3/C(C)=C(CCc4nn[nH]n4)c4ccccc43)cc2)c1. The Morgan fingerprint density at radius 3 is 2.39 bits per heavy atom. The summed E-state index contributed by atoms with van der Waals surface area (Å²) in [5, 5.41) is 14.4. The number of hydrogen-bond acceptors (Lipinski definition) is 5. The Labute approximate surface area is 192 Å². The quantitative estimate of drug-likeness (QED) is 0.387. The van der Waals surface area contributed by atoms with Gasteiger partial charge in [-0.1, -0.05) is 47.7 Å². The second-order valence-corrected chi connectivity index (χ2v) is 7.89. The summed E-state index contributed by atoms with van der Waals surface area (Å²) >= 11 is 0. The Bertz CT molecular complexity index is 1320. The molecule has 164 valence electrons. The minimum atomic E-state index is 0.733. The van der Waals surface area contributed by atoms with Crippen molar-refractivity contribution in [1.82, 2.24) is 20.6 Å². The van der Waals surface area contributed by atoms with Crippen LogP contribution in [0, 0.1) is 0 Å². The zero-order valence-corrected chi connectivity index (χ0v) is 18.6. The van der Waals surface area contributed by atoms with Crippen LogP contribution in [0.2, 0.25) is 0 Å². The fourth-order valence-electron chi connectivity index (χ4n) is 4.18. The fraction of sp³-hybridized carbons (Fsp3) is 0.148. The van der Waals surface area contributed by atoms with E-state index in [1.165, 1.54) is 27.8 Å². The molecule has 1 heterocycles. The molecule has 1 aromatic heterocycles. The smallest absolute Gasteiger partial charge is 0.174 e. The molecule has 1 aliphatic carbocycles. The maximum atomic E-state index is 5.98. The molecule has 0 unspecified atom stereocenters. The summed E-state index contributed by atoms with van der Waals surface area (Å²) in [5.74, 6) is 3.03. The minimum absolute atomic E-state index is 0.733. The molecule has 4 aromatic rings. The second kappa shape index (κ2) is 9.12. The Morgan fingerprint density at radius 2 is 1.64 bits per heavy atom. The molecule has 3 aromatic carbocycles. The van der Waals surface area contributed by atoms with Crippen LogP contribution in [0.1, 0.15) is 35.9 Å². The Morgan fingerprint density at radius 1 is 0.848 bits per heavy atom. The molecule has 0 atom stereocenters. The lowest BCUT2D eigenvalue weighted by atomic mass is 10.0. The molecule has 0 saturated heterocycles. The van der Waals surface area contributed by atoms with Gasteiger partial charge >= 0.3 is 0 Å². The first-order chi connectivity index (χ1) is 16.2. The average molecular weight is 437 g/mol. The standard InChI is InChI=1S/C27H24N4O2/c1-18-23(14-15-27-28-30-31-29-27)24-8-3-4-9-25(24)26(18)16-19-10-12-20(13-11-19)33-22-7-5-6-21(17-22)32-2/h3-13,16-17H,14-15H2,1-2H3,(H,28,29,30,31)/b26-16-. The van der Waals surface area contributed by atoms with Crippen molar-refractivity contribution in [3.63, 3.8) is 0 Å². The van der Waals surface area contributed by atoms with E-state index < -0.39 is 0 Å². The van der Waals surface area contributed by atoms with Gasteiger partial charge in [0.1, 0.15) is 17.2 Å². The van der Waals surface area contributed by atoms with Gasteiger partial charge in [-0.3, -0.25) is 0 Å². The molecule has 0 fully saturated rings. The van der Waals surface area contributed by atoms with Gasteiger partial charge in [-0.15, -0.1) is 10.2 Å². The number of allylic oxidation sites excluding steroid dienone is 3. The number of aromatic nitrogens is 4. The number of methoxy groups -OCH3 is 1. The van der Waals surface area contributed by atoms with Crippen LogP contribution in [0.3, 0.4) is 0 Å². The van der Waals surface area contributed by atoms with E-state index in [0.29, 0.717) is 0 Å². The van der Waals surface area contributed by atoms with Crippen LogP contribution in [-0.4, -0.2) is 27.7 Å². The third kappa shape index (κ3) is 4.41. The summed E-state index contributed by atoms with van der Waals surface area (Å²) in [6, 6.07) is 24.3. The number of hydrogen-bond donors (Lipinski definition) is 1. The summed E-state index contributed by atoms with van der Waals surface area (Å²) in [4.78, 5) is 0. The van der Waals surface area contributed by atoms with E-state index in [9.17, 15) is 0 Å². The zero-order valence-electron chi connectivity index (χ0n) is 18.6. The van der Waals surface area contributed by atoms with Gasteiger partial charge in [0, 0.05) is 12.5 Å². The lowest BCUT2D eigenvalue weighted by Crippen LogP contribution is -1.92. The van der Waals surface area contributed by atoms with Gasteiger partial charge < -0.3 is 9.47 Å². The summed E-state index contributed by atoms with van der Waals surface area (Å²) in [7, 11) is 1.65. The van der Waals surface area contributed by atoms with Crippen LogP contribution >= 0.6 is 0 Å². The van der Waals surface area contributed by atoms with E-state index in [1.807, 2.05) is 36.4 Å². The molecule has 6 nitrogen and oxygen atoms in total. The first kappa shape index (κ1) is 20.7. The highest BCUT2D eigenvalue weighted by Gasteiger charge is 2.23. The zero-order chi connectivity index (χ0) is 22.6. The number of fused-ring (bicyclic) bond motifs is 1. The lowest BCUT2D eigenvalue weighted by molar-refractivity contribution is 0.409. The van der Waals surface area contributed by atoms with Crippen LogP contribution in [0.5, 0.6) is 17.2 Å². The number of aryl methyl sites for hydroxylation is 1. The molecular weight excluding hydrogens is 412 g/mol. The van der Waals surface area contributed by atoms with Crippen molar-refractivity contribution in [2.24, 2.45) is 0 Å². The molecule has 0 saturated carbocycles. The Balaban J connectivity index is 1.39. The number of rotatable bonds is 7. The molecule has 0 radical (unpaired) electrons. The number of ether oxygens (including phenoxy) is 2. The monoisotopic (exact) mass is 436 g/mol. The van der Waals surface area contributed by atoms with Crippen molar-refractivity contribution in [1.29, 1.82) is 0 Å². The first-order valence-corrected chi connectivity index (χ1v) is 10.9. The van der Waals surface area contributed by atoms with Crippen molar-refractivity contribution < 1.29 is 9.47 Å². The van der Waals surface area contributed by atoms with Crippen LogP contribution in [0.4, 0.5) is 0 Å². The normalized spacial score (nSPS) is 13.9. The molecule has 0 spiro atoms. The molecule has 0 bridgehead atoms. The van der Waals surface area contributed by atoms with Crippen molar-refractivity contribution in [2.45, 2.75) is 19.8 Å². The summed E-state index contributed by atoms with van der Waals surface area (Å²) in [6.07, 6.45) is 3.86.